The van der Waals surface area contributed by atoms with Crippen LogP contribution in [0.1, 0.15) is 0 Å². The summed E-state index contributed by atoms with van der Waals surface area (Å²) in [5.74, 6) is 0.864. The Kier molecular flexibility index (Phi) is 6.90. The second-order valence-corrected chi connectivity index (χ2v) is 14.0. The van der Waals surface area contributed by atoms with Gasteiger partial charge in [-0.25, -0.2) is 0 Å². The quantitative estimate of drug-likeness (QED) is 0.168. The predicted molar refractivity (Wildman–Crippen MR) is 226 cm³/mol. The van der Waals surface area contributed by atoms with E-state index in [1.165, 1.54) is 49.4 Å². The molecule has 0 aliphatic rings. The van der Waals surface area contributed by atoms with Crippen molar-refractivity contribution in [3.05, 3.63) is 194 Å². The average molecular weight is 689 g/mol. The van der Waals surface area contributed by atoms with Crippen molar-refractivity contribution in [2.24, 2.45) is 0 Å². The molecule has 0 aliphatic heterocycles. The van der Waals surface area contributed by atoms with Crippen molar-refractivity contribution in [3.63, 3.8) is 0 Å². The summed E-state index contributed by atoms with van der Waals surface area (Å²) in [6.45, 7) is 0. The van der Waals surface area contributed by atoms with E-state index in [-0.39, 0.29) is 0 Å². The van der Waals surface area contributed by atoms with E-state index in [1.807, 2.05) is 6.07 Å². The first kappa shape index (κ1) is 30.5. The third-order valence-electron chi connectivity index (χ3n) is 10.9. The first-order valence-electron chi connectivity index (χ1n) is 18.4. The molecule has 11 rings (SSSR count). The van der Waals surface area contributed by atoms with Gasteiger partial charge in [-0.3, -0.25) is 0 Å². The van der Waals surface area contributed by atoms with Gasteiger partial charge in [-0.1, -0.05) is 170 Å². The van der Waals surface area contributed by atoms with Crippen molar-refractivity contribution in [1.29, 1.82) is 0 Å². The molecule has 11 aromatic rings. The van der Waals surface area contributed by atoms with Crippen molar-refractivity contribution in [3.8, 4) is 55.8 Å². The Labute approximate surface area is 312 Å². The van der Waals surface area contributed by atoms with E-state index in [9.17, 15) is 0 Å². The smallest absolute Gasteiger partial charge is 0.147 e. The summed E-state index contributed by atoms with van der Waals surface area (Å²) in [7, 11) is 0. The summed E-state index contributed by atoms with van der Waals surface area (Å²) >= 11 is 0. The van der Waals surface area contributed by atoms with E-state index in [1.54, 1.807) is 0 Å². The van der Waals surface area contributed by atoms with Crippen LogP contribution < -0.4 is 0 Å². The minimum atomic E-state index is 0.812. The highest BCUT2D eigenvalue weighted by atomic mass is 16.3. The lowest BCUT2D eigenvalue weighted by Crippen LogP contribution is -1.91. The lowest BCUT2D eigenvalue weighted by Gasteiger charge is -2.18. The average Bonchev–Trinajstić information content (AvgIpc) is 3.82. The molecule has 0 amide bonds. The van der Waals surface area contributed by atoms with E-state index in [0.29, 0.717) is 0 Å². The van der Waals surface area contributed by atoms with Crippen molar-refractivity contribution in [1.82, 2.24) is 0 Å². The summed E-state index contributed by atoms with van der Waals surface area (Å²) in [5, 5.41) is 7.98. The minimum Gasteiger partial charge on any atom is -0.456 e. The molecule has 2 heterocycles. The topological polar surface area (TPSA) is 26.3 Å². The monoisotopic (exact) mass is 688 g/mol. The molecule has 2 nitrogen and oxygen atoms in total. The lowest BCUT2D eigenvalue weighted by molar-refractivity contribution is 0.634. The molecule has 0 fully saturated rings. The van der Waals surface area contributed by atoms with E-state index in [2.05, 4.69) is 188 Å². The van der Waals surface area contributed by atoms with Crippen molar-refractivity contribution in [2.75, 3.05) is 0 Å². The van der Waals surface area contributed by atoms with Gasteiger partial charge >= 0.3 is 0 Å². The first-order chi connectivity index (χ1) is 26.8. The Morgan fingerprint density at radius 1 is 0.259 bits per heavy atom. The maximum atomic E-state index is 6.88. The van der Waals surface area contributed by atoms with Gasteiger partial charge in [-0.15, -0.1) is 0 Å². The van der Waals surface area contributed by atoms with E-state index < -0.39 is 0 Å². The molecule has 0 radical (unpaired) electrons. The predicted octanol–water partition coefficient (Wildman–Crippen LogP) is 15.0. The zero-order valence-electron chi connectivity index (χ0n) is 29.3. The van der Waals surface area contributed by atoms with Gasteiger partial charge in [0, 0.05) is 21.9 Å². The van der Waals surface area contributed by atoms with E-state index >= 15 is 0 Å². The second kappa shape index (κ2) is 12.2. The Balaban J connectivity index is 1.11. The van der Waals surface area contributed by atoms with Crippen LogP contribution >= 0.6 is 0 Å². The molecule has 0 saturated heterocycles. The number of hydrogen-bond donors (Lipinski definition) is 0. The number of hydrogen-bond acceptors (Lipinski definition) is 2. The highest BCUT2D eigenvalue weighted by Gasteiger charge is 2.23. The molecule has 54 heavy (non-hydrogen) atoms. The van der Waals surface area contributed by atoms with Crippen LogP contribution in [0.15, 0.2) is 203 Å². The van der Waals surface area contributed by atoms with Crippen LogP contribution in [0, 0.1) is 0 Å². The normalized spacial score (nSPS) is 11.7. The summed E-state index contributed by atoms with van der Waals surface area (Å²) in [6, 6.07) is 69.0. The molecule has 0 saturated carbocycles. The summed E-state index contributed by atoms with van der Waals surface area (Å²) in [4.78, 5) is 0. The second-order valence-electron chi connectivity index (χ2n) is 14.0. The number of fused-ring (bicyclic) bond motifs is 7. The SMILES string of the molecule is c1ccc(-c2ccc(-c3c4ccccc4c(-c4ccc5c(c4)oc4ccc6c(-c7ccccc7)c(-c7ccccc7)oc6c45)c4ccccc34)cc2)cc1. The standard InChI is InChI=1S/C52H32O2/c1-4-14-33(15-5-1)34-24-26-36(27-25-34)47-39-20-10-12-22-41(39)48(42-23-13-11-21-40(42)47)38-28-29-43-46(32-38)53-45-31-30-44-49(35-16-6-2-7-17-35)51(54-52(44)50(43)45)37-18-8-3-9-19-37/h1-32H. The number of furan rings is 2. The molecule has 2 aromatic heterocycles. The van der Waals surface area contributed by atoms with Gasteiger partial charge in [0.2, 0.25) is 0 Å². The van der Waals surface area contributed by atoms with Gasteiger partial charge in [0.05, 0.1) is 5.39 Å². The van der Waals surface area contributed by atoms with Crippen LogP contribution in [-0.2, 0) is 0 Å². The van der Waals surface area contributed by atoms with Crippen LogP contribution in [0.4, 0.5) is 0 Å². The van der Waals surface area contributed by atoms with Gasteiger partial charge in [0.25, 0.3) is 0 Å². The molecular formula is C52H32O2. The third-order valence-corrected chi connectivity index (χ3v) is 10.9. The highest BCUT2D eigenvalue weighted by molar-refractivity contribution is 6.24. The molecular weight excluding hydrogens is 657 g/mol. The zero-order valence-corrected chi connectivity index (χ0v) is 29.3. The molecule has 0 atom stereocenters. The van der Waals surface area contributed by atoms with Gasteiger partial charge in [0.15, 0.2) is 0 Å². The van der Waals surface area contributed by atoms with Gasteiger partial charge < -0.3 is 8.83 Å². The van der Waals surface area contributed by atoms with Crippen molar-refractivity contribution in [2.45, 2.75) is 0 Å². The Morgan fingerprint density at radius 3 is 1.31 bits per heavy atom. The van der Waals surface area contributed by atoms with E-state index in [0.717, 1.165) is 60.9 Å². The number of benzene rings is 9. The zero-order chi connectivity index (χ0) is 35.6. The fourth-order valence-electron chi connectivity index (χ4n) is 8.46. The van der Waals surface area contributed by atoms with Gasteiger partial charge in [0.1, 0.15) is 22.5 Å². The van der Waals surface area contributed by atoms with Gasteiger partial charge in [-0.2, -0.15) is 0 Å². The first-order valence-corrected chi connectivity index (χ1v) is 18.4. The molecule has 252 valence electrons. The summed E-state index contributed by atoms with van der Waals surface area (Å²) in [6.07, 6.45) is 0. The molecule has 9 aromatic carbocycles. The van der Waals surface area contributed by atoms with E-state index in [4.69, 9.17) is 8.83 Å². The molecule has 0 N–H and O–H groups in total. The molecule has 0 bridgehead atoms. The van der Waals surface area contributed by atoms with Crippen LogP contribution in [0.25, 0.3) is 110 Å². The largest absolute Gasteiger partial charge is 0.456 e. The van der Waals surface area contributed by atoms with Crippen molar-refractivity contribution >= 4 is 54.5 Å². The molecule has 0 spiro atoms. The van der Waals surface area contributed by atoms with Crippen LogP contribution in [0.3, 0.4) is 0 Å². The lowest BCUT2D eigenvalue weighted by atomic mass is 9.85. The third kappa shape index (κ3) is 4.74. The van der Waals surface area contributed by atoms with Gasteiger partial charge in [-0.05, 0) is 84.8 Å². The van der Waals surface area contributed by atoms with Crippen molar-refractivity contribution < 1.29 is 8.83 Å². The maximum absolute atomic E-state index is 6.88. The fraction of sp³-hybridized carbons (Fsp3) is 0. The minimum absolute atomic E-state index is 0.812. The Bertz CT molecular complexity index is 3110. The molecule has 0 aliphatic carbocycles. The summed E-state index contributed by atoms with van der Waals surface area (Å²) < 4.78 is 13.6. The fourth-order valence-corrected chi connectivity index (χ4v) is 8.46. The number of rotatable bonds is 5. The van der Waals surface area contributed by atoms with Crippen LogP contribution in [-0.4, -0.2) is 0 Å². The Morgan fingerprint density at radius 2 is 0.704 bits per heavy atom. The maximum Gasteiger partial charge on any atom is 0.147 e. The summed E-state index contributed by atoms with van der Waals surface area (Å²) in [5.41, 5.74) is 13.0. The Hall–Kier alpha value is -7.16. The van der Waals surface area contributed by atoms with Crippen LogP contribution in [0.5, 0.6) is 0 Å². The highest BCUT2D eigenvalue weighted by Crippen LogP contribution is 2.48. The molecule has 2 heteroatoms. The molecule has 0 unspecified atom stereocenters. The van der Waals surface area contributed by atoms with Crippen LogP contribution in [0.2, 0.25) is 0 Å².